The van der Waals surface area contributed by atoms with Crippen molar-refractivity contribution >= 4 is 17.0 Å². The van der Waals surface area contributed by atoms with Crippen molar-refractivity contribution in [3.05, 3.63) is 23.8 Å². The topological polar surface area (TPSA) is 78.5 Å². The second-order valence-electron chi connectivity index (χ2n) is 3.45. The van der Waals surface area contributed by atoms with Gasteiger partial charge in [-0.1, -0.05) is 6.07 Å². The molecule has 1 unspecified atom stereocenters. The smallest absolute Gasteiger partial charge is 0.768 e. The SMILES string of the molecule is COc1ccc(CCNC(C)=O)cc1S(=O)[O-].[Na+]. The molecule has 1 rings (SSSR count). The summed E-state index contributed by atoms with van der Waals surface area (Å²) >= 11 is -2.33. The summed E-state index contributed by atoms with van der Waals surface area (Å²) in [4.78, 5) is 10.8. The predicted molar refractivity (Wildman–Crippen MR) is 62.6 cm³/mol. The Hall–Kier alpha value is -0.400. The molecular weight excluding hydrogens is 265 g/mol. The van der Waals surface area contributed by atoms with E-state index < -0.39 is 11.1 Å². The number of benzene rings is 1. The van der Waals surface area contributed by atoms with Crippen molar-refractivity contribution in [2.75, 3.05) is 13.7 Å². The summed E-state index contributed by atoms with van der Waals surface area (Å²) in [6, 6.07) is 4.93. The van der Waals surface area contributed by atoms with Crippen LogP contribution in [-0.4, -0.2) is 28.3 Å². The van der Waals surface area contributed by atoms with Crippen LogP contribution in [0.2, 0.25) is 0 Å². The van der Waals surface area contributed by atoms with Crippen LogP contribution in [0, 0.1) is 0 Å². The molecule has 0 bridgehead atoms. The minimum Gasteiger partial charge on any atom is -0.768 e. The molecule has 1 amide bonds. The average molecular weight is 279 g/mol. The zero-order chi connectivity index (χ0) is 12.8. The van der Waals surface area contributed by atoms with Gasteiger partial charge < -0.3 is 14.6 Å². The van der Waals surface area contributed by atoms with Gasteiger partial charge in [0.05, 0.1) is 12.0 Å². The summed E-state index contributed by atoms with van der Waals surface area (Å²) < 4.78 is 26.9. The fourth-order valence-corrected chi connectivity index (χ4v) is 1.95. The number of hydrogen-bond donors (Lipinski definition) is 1. The van der Waals surface area contributed by atoms with Crippen LogP contribution in [0.25, 0.3) is 0 Å². The van der Waals surface area contributed by atoms with Crippen molar-refractivity contribution in [1.82, 2.24) is 5.32 Å². The second kappa shape index (κ2) is 8.66. The van der Waals surface area contributed by atoms with E-state index in [1.54, 1.807) is 18.2 Å². The Kier molecular flexibility index (Phi) is 8.47. The van der Waals surface area contributed by atoms with Crippen LogP contribution in [0.3, 0.4) is 0 Å². The molecule has 0 aromatic heterocycles. The molecule has 7 heteroatoms. The van der Waals surface area contributed by atoms with Crippen LogP contribution in [0.4, 0.5) is 0 Å². The summed E-state index contributed by atoms with van der Waals surface area (Å²) in [6.07, 6.45) is 0.577. The summed E-state index contributed by atoms with van der Waals surface area (Å²) in [7, 11) is 1.42. The Morgan fingerprint density at radius 1 is 1.50 bits per heavy atom. The van der Waals surface area contributed by atoms with Gasteiger partial charge in [0.1, 0.15) is 5.75 Å². The fourth-order valence-electron chi connectivity index (χ4n) is 1.39. The monoisotopic (exact) mass is 279 g/mol. The Balaban J connectivity index is 0.00000289. The molecule has 0 aliphatic rings. The molecule has 0 fully saturated rings. The van der Waals surface area contributed by atoms with Gasteiger partial charge in [-0.2, -0.15) is 0 Å². The van der Waals surface area contributed by atoms with E-state index in [-0.39, 0.29) is 40.4 Å². The molecule has 0 aliphatic carbocycles. The Morgan fingerprint density at radius 2 is 2.17 bits per heavy atom. The van der Waals surface area contributed by atoms with Crippen molar-refractivity contribution in [1.29, 1.82) is 0 Å². The second-order valence-corrected chi connectivity index (χ2v) is 4.36. The molecular formula is C11H14NNaO4S. The molecule has 0 spiro atoms. The van der Waals surface area contributed by atoms with E-state index in [4.69, 9.17) is 4.74 Å². The van der Waals surface area contributed by atoms with Gasteiger partial charge in [-0.25, -0.2) is 0 Å². The molecule has 94 valence electrons. The fraction of sp³-hybridized carbons (Fsp3) is 0.364. The average Bonchev–Trinajstić information content (AvgIpc) is 2.28. The normalized spacial score (nSPS) is 11.3. The van der Waals surface area contributed by atoms with Crippen molar-refractivity contribution in [2.45, 2.75) is 18.2 Å². The van der Waals surface area contributed by atoms with Crippen LogP contribution in [0.1, 0.15) is 12.5 Å². The Labute approximate surface area is 131 Å². The first-order valence-electron chi connectivity index (χ1n) is 5.05. The number of carbonyl (C=O) groups excluding carboxylic acids is 1. The van der Waals surface area contributed by atoms with Crippen LogP contribution >= 0.6 is 0 Å². The van der Waals surface area contributed by atoms with E-state index in [2.05, 4.69) is 5.32 Å². The molecule has 0 aliphatic heterocycles. The van der Waals surface area contributed by atoms with Crippen molar-refractivity contribution in [3.8, 4) is 5.75 Å². The van der Waals surface area contributed by atoms with Crippen LogP contribution in [-0.2, 0) is 22.3 Å². The van der Waals surface area contributed by atoms with Gasteiger partial charge in [0.15, 0.2) is 0 Å². The number of ether oxygens (including phenoxy) is 1. The molecule has 1 N–H and O–H groups in total. The van der Waals surface area contributed by atoms with Gasteiger partial charge in [0.2, 0.25) is 5.91 Å². The predicted octanol–water partition coefficient (Wildman–Crippen LogP) is -2.38. The van der Waals surface area contributed by atoms with Gasteiger partial charge in [0.25, 0.3) is 0 Å². The van der Waals surface area contributed by atoms with Gasteiger partial charge in [-0.15, -0.1) is 0 Å². The van der Waals surface area contributed by atoms with Gasteiger partial charge >= 0.3 is 29.6 Å². The van der Waals surface area contributed by atoms with E-state index in [1.165, 1.54) is 14.0 Å². The first-order chi connectivity index (χ1) is 8.04. The maximum Gasteiger partial charge on any atom is 1.00 e. The van der Waals surface area contributed by atoms with E-state index in [1.807, 2.05) is 0 Å². The van der Waals surface area contributed by atoms with Crippen molar-refractivity contribution < 1.29 is 47.9 Å². The third-order valence-corrected chi connectivity index (χ3v) is 2.87. The third kappa shape index (κ3) is 5.49. The van der Waals surface area contributed by atoms with Gasteiger partial charge in [-0.05, 0) is 35.2 Å². The van der Waals surface area contributed by atoms with E-state index in [9.17, 15) is 13.6 Å². The standard InChI is InChI=1S/C11H15NO4S.Na/c1-8(13)12-6-5-9-3-4-10(16-2)11(7-9)17(14)15;/h3-4,7H,5-6H2,1-2H3,(H,12,13)(H,14,15);/q;+1/p-1. The summed E-state index contributed by atoms with van der Waals surface area (Å²) in [5, 5.41) is 2.65. The van der Waals surface area contributed by atoms with E-state index in [0.29, 0.717) is 18.7 Å². The molecule has 0 saturated carbocycles. The maximum atomic E-state index is 11.0. The van der Waals surface area contributed by atoms with E-state index >= 15 is 0 Å². The first kappa shape index (κ1) is 17.6. The number of rotatable bonds is 5. The zero-order valence-electron chi connectivity index (χ0n) is 10.7. The minimum absolute atomic E-state index is 0. The van der Waals surface area contributed by atoms with Crippen LogP contribution in [0.15, 0.2) is 23.1 Å². The summed E-state index contributed by atoms with van der Waals surface area (Å²) in [5.74, 6) is 0.216. The Bertz CT molecular complexity index is 439. The van der Waals surface area contributed by atoms with Crippen LogP contribution in [0.5, 0.6) is 5.75 Å². The van der Waals surface area contributed by atoms with E-state index in [0.717, 1.165) is 5.56 Å². The summed E-state index contributed by atoms with van der Waals surface area (Å²) in [6.45, 7) is 1.92. The zero-order valence-corrected chi connectivity index (χ0v) is 13.5. The number of methoxy groups -OCH3 is 1. The maximum absolute atomic E-state index is 11.0. The number of carbonyl (C=O) groups is 1. The molecule has 0 radical (unpaired) electrons. The summed E-state index contributed by atoms with van der Waals surface area (Å²) in [5.41, 5.74) is 0.832. The first-order valence-corrected chi connectivity index (χ1v) is 6.12. The van der Waals surface area contributed by atoms with Crippen molar-refractivity contribution in [2.24, 2.45) is 0 Å². The van der Waals surface area contributed by atoms with Crippen molar-refractivity contribution in [3.63, 3.8) is 0 Å². The molecule has 0 heterocycles. The van der Waals surface area contributed by atoms with Gasteiger partial charge in [-0.3, -0.25) is 9.00 Å². The number of amides is 1. The molecule has 0 saturated heterocycles. The minimum atomic E-state index is -2.33. The Morgan fingerprint density at radius 3 is 2.67 bits per heavy atom. The number of hydrogen-bond acceptors (Lipinski definition) is 4. The molecule has 1 aromatic rings. The molecule has 5 nitrogen and oxygen atoms in total. The molecule has 1 aromatic carbocycles. The molecule has 18 heavy (non-hydrogen) atoms. The number of nitrogens with one attached hydrogen (secondary N) is 1. The van der Waals surface area contributed by atoms with Gasteiger partial charge in [0, 0.05) is 13.5 Å². The molecule has 1 atom stereocenters. The quantitative estimate of drug-likeness (QED) is 0.482. The van der Waals surface area contributed by atoms with Crippen LogP contribution < -0.4 is 39.6 Å². The largest absolute Gasteiger partial charge is 1.00 e. The third-order valence-electron chi connectivity index (χ3n) is 2.20.